The molecule has 1 aliphatic carbocycles. The number of rotatable bonds is 0. The van der Waals surface area contributed by atoms with Crippen LogP contribution in [0.25, 0.3) is 0 Å². The number of anilines is 1. The third-order valence-corrected chi connectivity index (χ3v) is 1.84. The number of aryl methyl sites for hydroxylation is 1. The molecule has 3 nitrogen and oxygen atoms in total. The van der Waals surface area contributed by atoms with Gasteiger partial charge < -0.3 is 5.73 Å². The van der Waals surface area contributed by atoms with Crippen molar-refractivity contribution < 1.29 is 0 Å². The van der Waals surface area contributed by atoms with Gasteiger partial charge in [0.1, 0.15) is 5.82 Å². The zero-order valence-electron chi connectivity index (χ0n) is 5.55. The normalized spacial score (nSPS) is 14.4. The summed E-state index contributed by atoms with van der Waals surface area (Å²) in [5, 5.41) is 6.80. The highest BCUT2D eigenvalue weighted by Crippen LogP contribution is 2.23. The van der Waals surface area contributed by atoms with Crippen LogP contribution in [0.15, 0.2) is 0 Å². The summed E-state index contributed by atoms with van der Waals surface area (Å²) in [6, 6.07) is 0. The second-order valence-electron chi connectivity index (χ2n) is 2.42. The van der Waals surface area contributed by atoms with E-state index in [4.69, 9.17) is 5.73 Å². The third kappa shape index (κ3) is 0.865. The van der Waals surface area contributed by atoms with Gasteiger partial charge in [0, 0.05) is 11.3 Å². The zero-order chi connectivity index (χ0) is 6.27. The van der Waals surface area contributed by atoms with Crippen molar-refractivity contribution >= 4 is 18.2 Å². The summed E-state index contributed by atoms with van der Waals surface area (Å²) in [5.74, 6) is 0.697. The van der Waals surface area contributed by atoms with E-state index in [0.717, 1.165) is 12.8 Å². The van der Waals surface area contributed by atoms with E-state index in [2.05, 4.69) is 10.2 Å². The molecule has 3 N–H and O–H groups in total. The van der Waals surface area contributed by atoms with E-state index in [0.29, 0.717) is 5.82 Å². The van der Waals surface area contributed by atoms with Gasteiger partial charge in [-0.25, -0.2) is 0 Å². The molecule has 1 aromatic heterocycles. The van der Waals surface area contributed by atoms with Crippen molar-refractivity contribution in [2.45, 2.75) is 19.3 Å². The number of fused-ring (bicyclic) bond motifs is 1. The Balaban J connectivity index is 0.000000500. The Bertz CT molecular complexity index is 231. The van der Waals surface area contributed by atoms with Crippen LogP contribution in [0, 0.1) is 0 Å². The van der Waals surface area contributed by atoms with Crippen molar-refractivity contribution in [1.29, 1.82) is 0 Å². The number of aromatic nitrogens is 2. The summed E-state index contributed by atoms with van der Waals surface area (Å²) in [6.45, 7) is 0. The molecule has 0 aromatic carbocycles. The number of halogens is 1. The Morgan fingerprint density at radius 3 is 2.90 bits per heavy atom. The van der Waals surface area contributed by atoms with Crippen molar-refractivity contribution in [3.8, 4) is 0 Å². The number of aromatic amines is 1. The second-order valence-corrected chi connectivity index (χ2v) is 2.42. The summed E-state index contributed by atoms with van der Waals surface area (Å²) in [7, 11) is 0. The molecule has 0 aliphatic heterocycles. The smallest absolute Gasteiger partial charge is 0.148 e. The number of nitrogens with zero attached hydrogens (tertiary/aromatic N) is 1. The minimum atomic E-state index is 0. The van der Waals surface area contributed by atoms with E-state index in [1.165, 1.54) is 17.7 Å². The fraction of sp³-hybridized carbons (Fsp3) is 0.500. The fourth-order valence-corrected chi connectivity index (χ4v) is 1.34. The predicted octanol–water partition coefficient (Wildman–Crippen LogP) is 0.902. The van der Waals surface area contributed by atoms with Gasteiger partial charge in [-0.2, -0.15) is 5.10 Å². The molecule has 0 unspecified atom stereocenters. The van der Waals surface area contributed by atoms with E-state index in [1.54, 1.807) is 0 Å². The van der Waals surface area contributed by atoms with Crippen LogP contribution in [-0.4, -0.2) is 10.2 Å². The molecule has 1 aromatic rings. The monoisotopic (exact) mass is 159 g/mol. The van der Waals surface area contributed by atoms with Crippen LogP contribution in [0.1, 0.15) is 17.7 Å². The maximum absolute atomic E-state index is 5.55. The lowest BCUT2D eigenvalue weighted by Crippen LogP contribution is -1.88. The Labute approximate surface area is 65.4 Å². The molecule has 0 fully saturated rings. The van der Waals surface area contributed by atoms with Crippen LogP contribution in [0.2, 0.25) is 0 Å². The van der Waals surface area contributed by atoms with Gasteiger partial charge in [-0.3, -0.25) is 5.10 Å². The highest BCUT2D eigenvalue weighted by molar-refractivity contribution is 5.85. The average Bonchev–Trinajstić information content (AvgIpc) is 2.35. The lowest BCUT2D eigenvalue weighted by atomic mass is 10.3. The molecule has 0 bridgehead atoms. The quantitative estimate of drug-likeness (QED) is 0.591. The Morgan fingerprint density at radius 1 is 1.40 bits per heavy atom. The first-order valence-corrected chi connectivity index (χ1v) is 3.19. The second kappa shape index (κ2) is 2.50. The van der Waals surface area contributed by atoms with Crippen LogP contribution in [0.5, 0.6) is 0 Å². The number of hydrogen-bond acceptors (Lipinski definition) is 2. The molecule has 0 saturated heterocycles. The van der Waals surface area contributed by atoms with E-state index >= 15 is 0 Å². The summed E-state index contributed by atoms with van der Waals surface area (Å²) in [5.41, 5.74) is 8.04. The molecular formula is C6H10ClN3. The van der Waals surface area contributed by atoms with Gasteiger partial charge >= 0.3 is 0 Å². The number of H-pyrrole nitrogens is 1. The maximum atomic E-state index is 5.55. The Morgan fingerprint density at radius 2 is 2.20 bits per heavy atom. The van der Waals surface area contributed by atoms with Crippen LogP contribution in [0.3, 0.4) is 0 Å². The molecule has 0 spiro atoms. The van der Waals surface area contributed by atoms with Crippen molar-refractivity contribution in [3.05, 3.63) is 11.3 Å². The summed E-state index contributed by atoms with van der Waals surface area (Å²) >= 11 is 0. The highest BCUT2D eigenvalue weighted by atomic mass is 35.5. The minimum Gasteiger partial charge on any atom is -0.382 e. The molecule has 2 rings (SSSR count). The predicted molar refractivity (Wildman–Crippen MR) is 42.3 cm³/mol. The van der Waals surface area contributed by atoms with Gasteiger partial charge in [0.2, 0.25) is 0 Å². The van der Waals surface area contributed by atoms with E-state index < -0.39 is 0 Å². The van der Waals surface area contributed by atoms with Gasteiger partial charge in [0.05, 0.1) is 0 Å². The molecule has 56 valence electrons. The topological polar surface area (TPSA) is 54.7 Å². The largest absolute Gasteiger partial charge is 0.382 e. The van der Waals surface area contributed by atoms with Crippen molar-refractivity contribution in [1.82, 2.24) is 10.2 Å². The molecule has 1 aliphatic rings. The van der Waals surface area contributed by atoms with Gasteiger partial charge in [0.15, 0.2) is 0 Å². The Hall–Kier alpha value is -0.700. The fourth-order valence-electron chi connectivity index (χ4n) is 1.34. The molecule has 4 heteroatoms. The standard InChI is InChI=1S/C6H9N3.ClH/c7-6-4-2-1-3-5(4)8-9-6;/h1-3H2,(H3,7,8,9);1H. The minimum absolute atomic E-state index is 0. The SMILES string of the molecule is Cl.Nc1n[nH]c2c1CCC2. The first kappa shape index (κ1) is 7.41. The van der Waals surface area contributed by atoms with Gasteiger partial charge in [0.25, 0.3) is 0 Å². The van der Waals surface area contributed by atoms with Crippen LogP contribution < -0.4 is 5.73 Å². The molecule has 0 radical (unpaired) electrons. The van der Waals surface area contributed by atoms with Crippen LogP contribution in [-0.2, 0) is 12.8 Å². The van der Waals surface area contributed by atoms with Crippen LogP contribution >= 0.6 is 12.4 Å². The molecule has 0 amide bonds. The average molecular weight is 160 g/mol. The van der Waals surface area contributed by atoms with Gasteiger partial charge in [-0.1, -0.05) is 0 Å². The van der Waals surface area contributed by atoms with Gasteiger partial charge in [-0.05, 0) is 19.3 Å². The van der Waals surface area contributed by atoms with E-state index in [-0.39, 0.29) is 12.4 Å². The van der Waals surface area contributed by atoms with Crippen molar-refractivity contribution in [2.24, 2.45) is 0 Å². The summed E-state index contributed by atoms with van der Waals surface area (Å²) in [6.07, 6.45) is 3.46. The third-order valence-electron chi connectivity index (χ3n) is 1.84. The van der Waals surface area contributed by atoms with E-state index in [9.17, 15) is 0 Å². The first-order chi connectivity index (χ1) is 4.38. The van der Waals surface area contributed by atoms with E-state index in [1.807, 2.05) is 0 Å². The molecular weight excluding hydrogens is 150 g/mol. The van der Waals surface area contributed by atoms with Crippen molar-refractivity contribution in [2.75, 3.05) is 5.73 Å². The molecule has 1 heterocycles. The number of nitrogens with two attached hydrogens (primary N) is 1. The van der Waals surface area contributed by atoms with Gasteiger partial charge in [-0.15, -0.1) is 12.4 Å². The molecule has 0 saturated carbocycles. The number of nitrogens with one attached hydrogen (secondary N) is 1. The zero-order valence-corrected chi connectivity index (χ0v) is 6.37. The summed E-state index contributed by atoms with van der Waals surface area (Å²) in [4.78, 5) is 0. The number of nitrogen functional groups attached to an aromatic ring is 1. The lowest BCUT2D eigenvalue weighted by molar-refractivity contribution is 0.867. The highest BCUT2D eigenvalue weighted by Gasteiger charge is 2.15. The van der Waals surface area contributed by atoms with Crippen molar-refractivity contribution in [3.63, 3.8) is 0 Å². The Kier molecular flexibility index (Phi) is 1.85. The first-order valence-electron chi connectivity index (χ1n) is 3.19. The maximum Gasteiger partial charge on any atom is 0.148 e. The molecule has 10 heavy (non-hydrogen) atoms. The molecule has 0 atom stereocenters. The lowest BCUT2D eigenvalue weighted by Gasteiger charge is -1.85. The summed E-state index contributed by atoms with van der Waals surface area (Å²) < 4.78 is 0. The number of hydrogen-bond donors (Lipinski definition) is 2. The van der Waals surface area contributed by atoms with Crippen LogP contribution in [0.4, 0.5) is 5.82 Å².